The highest BCUT2D eigenvalue weighted by Gasteiger charge is 2.23. The van der Waals surface area contributed by atoms with Crippen LogP contribution in [0.1, 0.15) is 54.4 Å². The van der Waals surface area contributed by atoms with Crippen molar-refractivity contribution in [1.29, 1.82) is 0 Å². The highest BCUT2D eigenvalue weighted by Crippen LogP contribution is 2.28. The number of likely N-dealkylation sites (N-methyl/N-ethyl adjacent to an activating group) is 1. The van der Waals surface area contributed by atoms with Gasteiger partial charge in [-0.25, -0.2) is 9.59 Å². The van der Waals surface area contributed by atoms with Crippen molar-refractivity contribution in [3.63, 3.8) is 0 Å². The standard InChI is InChI=1S/C35H44N4O5/c1-26-25-28(34(41)42)16-17-31(26)36-20-10-4-7-15-33(40)38(2)23-24-39-21-18-29(19-22-39)44-35(43)37-32-14-9-8-13-30(32)27-11-5-3-6-12-27/h3,5-6,8-9,11-14,16-17,25,29,36H,4,7,10,15,18-24H2,1-2H3,(H,37,43)(H,41,42). The molecule has 0 aromatic heterocycles. The second kappa shape index (κ2) is 16.5. The van der Waals surface area contributed by atoms with Gasteiger partial charge in [0.1, 0.15) is 6.10 Å². The molecule has 9 nitrogen and oxygen atoms in total. The maximum atomic E-state index is 12.7. The van der Waals surface area contributed by atoms with E-state index in [0.29, 0.717) is 13.0 Å². The number of carboxylic acids is 1. The number of hydrogen-bond donors (Lipinski definition) is 3. The molecule has 3 aromatic carbocycles. The van der Waals surface area contributed by atoms with E-state index in [1.807, 2.05) is 73.5 Å². The fourth-order valence-corrected chi connectivity index (χ4v) is 5.41. The molecule has 0 saturated carbocycles. The maximum absolute atomic E-state index is 12.7. The molecule has 0 spiro atoms. The predicted octanol–water partition coefficient (Wildman–Crippen LogP) is 6.50. The van der Waals surface area contributed by atoms with Crippen LogP contribution in [0.4, 0.5) is 16.2 Å². The molecule has 2 amide bonds. The van der Waals surface area contributed by atoms with Gasteiger partial charge in [-0.1, -0.05) is 55.0 Å². The number of anilines is 2. The number of piperidine rings is 1. The Hall–Kier alpha value is -4.37. The first-order valence-corrected chi connectivity index (χ1v) is 15.5. The Kier molecular flexibility index (Phi) is 12.2. The third-order valence-electron chi connectivity index (χ3n) is 8.09. The van der Waals surface area contributed by atoms with Gasteiger partial charge in [-0.05, 0) is 68.0 Å². The van der Waals surface area contributed by atoms with E-state index in [2.05, 4.69) is 15.5 Å². The average Bonchev–Trinajstić information content (AvgIpc) is 3.03. The lowest BCUT2D eigenvalue weighted by Crippen LogP contribution is -2.42. The van der Waals surface area contributed by atoms with E-state index in [1.165, 1.54) is 0 Å². The van der Waals surface area contributed by atoms with Gasteiger partial charge < -0.3 is 25.0 Å². The van der Waals surface area contributed by atoms with Crippen LogP contribution >= 0.6 is 0 Å². The summed E-state index contributed by atoms with van der Waals surface area (Å²) >= 11 is 0. The molecule has 1 heterocycles. The van der Waals surface area contributed by atoms with Crippen LogP contribution < -0.4 is 10.6 Å². The maximum Gasteiger partial charge on any atom is 0.411 e. The minimum absolute atomic E-state index is 0.128. The lowest BCUT2D eigenvalue weighted by Gasteiger charge is -2.32. The number of aryl methyl sites for hydroxylation is 1. The summed E-state index contributed by atoms with van der Waals surface area (Å²) in [5, 5.41) is 15.4. The Labute approximate surface area is 260 Å². The number of benzene rings is 3. The molecule has 0 bridgehead atoms. The second-order valence-electron chi connectivity index (χ2n) is 11.4. The minimum atomic E-state index is -0.924. The molecule has 0 unspecified atom stereocenters. The van der Waals surface area contributed by atoms with Crippen molar-refractivity contribution < 1.29 is 24.2 Å². The highest BCUT2D eigenvalue weighted by atomic mass is 16.6. The first-order chi connectivity index (χ1) is 21.3. The SMILES string of the molecule is Cc1cc(C(=O)O)ccc1NCCCCCC(=O)N(C)CCN1CCC(OC(=O)Nc2ccccc2-c2ccccc2)CC1. The Morgan fingerprint density at radius 1 is 0.932 bits per heavy atom. The molecule has 3 N–H and O–H groups in total. The van der Waals surface area contributed by atoms with Crippen LogP contribution in [0.5, 0.6) is 0 Å². The zero-order valence-electron chi connectivity index (χ0n) is 25.8. The van der Waals surface area contributed by atoms with Crippen LogP contribution in [-0.2, 0) is 9.53 Å². The van der Waals surface area contributed by atoms with Crippen molar-refractivity contribution in [2.75, 3.05) is 50.4 Å². The zero-order valence-corrected chi connectivity index (χ0v) is 25.8. The van der Waals surface area contributed by atoms with Crippen molar-refractivity contribution in [1.82, 2.24) is 9.80 Å². The predicted molar refractivity (Wildman–Crippen MR) is 174 cm³/mol. The molecule has 9 heteroatoms. The smallest absolute Gasteiger partial charge is 0.411 e. The molecule has 1 aliphatic heterocycles. The summed E-state index contributed by atoms with van der Waals surface area (Å²) in [6, 6.07) is 22.7. The van der Waals surface area contributed by atoms with Crippen molar-refractivity contribution in [3.8, 4) is 11.1 Å². The van der Waals surface area contributed by atoms with Gasteiger partial charge in [0.05, 0.1) is 11.3 Å². The Bertz CT molecular complexity index is 1390. The number of aromatic carboxylic acids is 1. The second-order valence-corrected chi connectivity index (χ2v) is 11.4. The Morgan fingerprint density at radius 2 is 1.66 bits per heavy atom. The van der Waals surface area contributed by atoms with Crippen molar-refractivity contribution in [3.05, 3.63) is 83.9 Å². The largest absolute Gasteiger partial charge is 0.478 e. The van der Waals surface area contributed by atoms with Crippen molar-refractivity contribution in [2.45, 2.75) is 51.6 Å². The van der Waals surface area contributed by atoms with Gasteiger partial charge >= 0.3 is 12.1 Å². The first-order valence-electron chi connectivity index (χ1n) is 15.5. The summed E-state index contributed by atoms with van der Waals surface area (Å²) in [6.07, 6.45) is 4.22. The van der Waals surface area contributed by atoms with Gasteiger partial charge in [0.15, 0.2) is 0 Å². The fourth-order valence-electron chi connectivity index (χ4n) is 5.41. The van der Waals surface area contributed by atoms with Crippen LogP contribution in [-0.4, -0.2) is 78.8 Å². The number of ether oxygens (including phenoxy) is 1. The van der Waals surface area contributed by atoms with Gasteiger partial charge in [-0.2, -0.15) is 0 Å². The number of para-hydroxylation sites is 1. The van der Waals surface area contributed by atoms with E-state index >= 15 is 0 Å². The number of nitrogens with one attached hydrogen (secondary N) is 2. The van der Waals surface area contributed by atoms with E-state index in [1.54, 1.807) is 18.2 Å². The molecular formula is C35H44N4O5. The molecular weight excluding hydrogens is 556 g/mol. The summed E-state index contributed by atoms with van der Waals surface area (Å²) in [5.74, 6) is -0.768. The number of unbranched alkanes of at least 4 members (excludes halogenated alkanes) is 2. The molecule has 0 radical (unpaired) electrons. The van der Waals surface area contributed by atoms with Gasteiger partial charge in [-0.15, -0.1) is 0 Å². The summed E-state index contributed by atoms with van der Waals surface area (Å²) in [7, 11) is 1.86. The van der Waals surface area contributed by atoms with Crippen LogP contribution in [0, 0.1) is 6.92 Å². The number of nitrogens with zero attached hydrogens (tertiary/aromatic N) is 2. The number of likely N-dealkylation sites (tertiary alicyclic amines) is 1. The minimum Gasteiger partial charge on any atom is -0.478 e. The highest BCUT2D eigenvalue weighted by molar-refractivity contribution is 5.91. The lowest BCUT2D eigenvalue weighted by molar-refractivity contribution is -0.130. The summed E-state index contributed by atoms with van der Waals surface area (Å²) in [4.78, 5) is 40.5. The molecule has 0 atom stereocenters. The van der Waals surface area contributed by atoms with Crippen LogP contribution in [0.2, 0.25) is 0 Å². The van der Waals surface area contributed by atoms with Crippen molar-refractivity contribution >= 4 is 29.3 Å². The number of carboxylic acid groups (broad SMARTS) is 1. The number of rotatable bonds is 14. The summed E-state index contributed by atoms with van der Waals surface area (Å²) < 4.78 is 5.75. The third-order valence-corrected chi connectivity index (χ3v) is 8.09. The number of amides is 2. The van der Waals surface area contributed by atoms with E-state index in [-0.39, 0.29) is 17.6 Å². The normalized spacial score (nSPS) is 13.7. The molecule has 3 aromatic rings. The molecule has 4 rings (SSSR count). The Morgan fingerprint density at radius 3 is 2.39 bits per heavy atom. The fraction of sp³-hybridized carbons (Fsp3) is 0.400. The average molecular weight is 601 g/mol. The quantitative estimate of drug-likeness (QED) is 0.181. The molecule has 44 heavy (non-hydrogen) atoms. The van der Waals surface area contributed by atoms with Gasteiger partial charge in [0.2, 0.25) is 5.91 Å². The van der Waals surface area contributed by atoms with Crippen molar-refractivity contribution in [2.24, 2.45) is 0 Å². The first kappa shape index (κ1) is 32.5. The molecule has 1 aliphatic rings. The van der Waals surface area contributed by atoms with E-state index in [4.69, 9.17) is 9.84 Å². The lowest BCUT2D eigenvalue weighted by atomic mass is 10.0. The zero-order chi connectivity index (χ0) is 31.3. The number of hydrogen-bond acceptors (Lipinski definition) is 6. The van der Waals surface area contributed by atoms with Gasteiger partial charge in [0.25, 0.3) is 0 Å². The third kappa shape index (κ3) is 9.84. The Balaban J connectivity index is 1.07. The summed E-state index contributed by atoms with van der Waals surface area (Å²) in [6.45, 7) is 5.80. The number of carbonyl (C=O) groups excluding carboxylic acids is 2. The van der Waals surface area contributed by atoms with Gasteiger partial charge in [0, 0.05) is 57.4 Å². The molecule has 0 aliphatic carbocycles. The molecule has 1 fully saturated rings. The summed E-state index contributed by atoms with van der Waals surface area (Å²) in [5.41, 5.74) is 4.85. The molecule has 1 saturated heterocycles. The monoisotopic (exact) mass is 600 g/mol. The van der Waals surface area contributed by atoms with E-state index in [0.717, 1.165) is 86.3 Å². The van der Waals surface area contributed by atoms with E-state index < -0.39 is 12.1 Å². The van der Waals surface area contributed by atoms with Crippen LogP contribution in [0.15, 0.2) is 72.8 Å². The van der Waals surface area contributed by atoms with Crippen LogP contribution in [0.25, 0.3) is 11.1 Å². The van der Waals surface area contributed by atoms with Gasteiger partial charge in [-0.3, -0.25) is 10.1 Å². The molecule has 234 valence electrons. The number of carbonyl (C=O) groups is 3. The van der Waals surface area contributed by atoms with Crippen LogP contribution in [0.3, 0.4) is 0 Å². The topological polar surface area (TPSA) is 111 Å². The van der Waals surface area contributed by atoms with E-state index in [9.17, 15) is 14.4 Å².